The van der Waals surface area contributed by atoms with E-state index in [-0.39, 0.29) is 0 Å². The second-order valence-electron chi connectivity index (χ2n) is 4.29. The van der Waals surface area contributed by atoms with Crippen molar-refractivity contribution in [1.29, 1.82) is 0 Å². The quantitative estimate of drug-likeness (QED) is 0.666. The fourth-order valence-electron chi connectivity index (χ4n) is 2.13. The largest absolute Gasteiger partial charge is 0.460 e. The highest BCUT2D eigenvalue weighted by molar-refractivity contribution is 5.66. The molecule has 0 aliphatic carbocycles. The van der Waals surface area contributed by atoms with Gasteiger partial charge in [0.15, 0.2) is 12.4 Å². The van der Waals surface area contributed by atoms with Crippen molar-refractivity contribution in [2.24, 2.45) is 0 Å². The first-order chi connectivity index (χ1) is 8.90. The molecule has 0 bridgehead atoms. The molecular weight excluding hydrogens is 256 g/mol. The number of esters is 2. The first-order valence-electron chi connectivity index (χ1n) is 5.96. The Morgan fingerprint density at radius 3 is 2.11 bits per heavy atom. The van der Waals surface area contributed by atoms with Gasteiger partial charge >= 0.3 is 11.9 Å². The van der Waals surface area contributed by atoms with Crippen LogP contribution >= 0.6 is 0 Å². The zero-order chi connectivity index (χ0) is 14.6. The summed E-state index contributed by atoms with van der Waals surface area (Å²) < 4.78 is 26.2. The van der Waals surface area contributed by atoms with E-state index in [0.717, 1.165) is 0 Å². The fourth-order valence-corrected chi connectivity index (χ4v) is 2.13. The molecule has 1 rings (SSSR count). The van der Waals surface area contributed by atoms with Crippen molar-refractivity contribution in [2.75, 3.05) is 14.2 Å². The predicted octanol–water partition coefficient (Wildman–Crippen LogP) is 0.256. The van der Waals surface area contributed by atoms with Crippen LogP contribution in [0.1, 0.15) is 20.8 Å². The zero-order valence-electron chi connectivity index (χ0n) is 11.7. The molecular formula is C12H20O7. The van der Waals surface area contributed by atoms with Crippen LogP contribution in [0, 0.1) is 0 Å². The van der Waals surface area contributed by atoms with Gasteiger partial charge in [0, 0.05) is 28.1 Å². The van der Waals surface area contributed by atoms with Gasteiger partial charge in [-0.15, -0.1) is 0 Å². The molecule has 1 aliphatic rings. The van der Waals surface area contributed by atoms with Crippen LogP contribution in [0.2, 0.25) is 0 Å². The lowest BCUT2D eigenvalue weighted by Crippen LogP contribution is -2.42. The number of methoxy groups -OCH3 is 2. The molecule has 1 aliphatic heterocycles. The molecule has 7 nitrogen and oxygen atoms in total. The summed E-state index contributed by atoms with van der Waals surface area (Å²) in [5.41, 5.74) is 0. The standard InChI is InChI=1S/C12H20O7/c1-6(17-7(2)13)9-10(15-4)11(18-8(3)14)12(16-5)19-9/h6,9-12H,1-5H3/t6-,9-,10-,11-,12?/m1/s1. The average molecular weight is 276 g/mol. The first kappa shape index (κ1) is 15.9. The summed E-state index contributed by atoms with van der Waals surface area (Å²) in [6.07, 6.45) is -3.13. The lowest BCUT2D eigenvalue weighted by Gasteiger charge is -2.24. The molecule has 0 spiro atoms. The summed E-state index contributed by atoms with van der Waals surface area (Å²) >= 11 is 0. The SMILES string of the molecule is COC1O[C@H]([C@@H](C)OC(C)=O)[C@@H](OC)[C@H]1OC(C)=O. The summed E-state index contributed by atoms with van der Waals surface area (Å²) in [6.45, 7) is 4.29. The van der Waals surface area contributed by atoms with Gasteiger partial charge in [0.05, 0.1) is 0 Å². The molecule has 0 amide bonds. The summed E-state index contributed by atoms with van der Waals surface area (Å²) in [4.78, 5) is 22.1. The topological polar surface area (TPSA) is 80.3 Å². The van der Waals surface area contributed by atoms with Gasteiger partial charge in [-0.25, -0.2) is 0 Å². The van der Waals surface area contributed by atoms with Gasteiger partial charge in [0.25, 0.3) is 0 Å². The fraction of sp³-hybridized carbons (Fsp3) is 0.833. The average Bonchev–Trinajstić information content (AvgIpc) is 2.65. The summed E-state index contributed by atoms with van der Waals surface area (Å²) in [5.74, 6) is -0.880. The van der Waals surface area contributed by atoms with Gasteiger partial charge < -0.3 is 23.7 Å². The maximum atomic E-state index is 11.1. The molecule has 0 aromatic rings. The third-order valence-electron chi connectivity index (χ3n) is 2.83. The lowest BCUT2D eigenvalue weighted by molar-refractivity contribution is -0.185. The zero-order valence-corrected chi connectivity index (χ0v) is 11.7. The Kier molecular flexibility index (Phi) is 5.71. The third-order valence-corrected chi connectivity index (χ3v) is 2.83. The highest BCUT2D eigenvalue weighted by atomic mass is 16.7. The number of hydrogen-bond acceptors (Lipinski definition) is 7. The highest BCUT2D eigenvalue weighted by Gasteiger charge is 2.50. The van der Waals surface area contributed by atoms with Crippen molar-refractivity contribution >= 4 is 11.9 Å². The molecule has 0 N–H and O–H groups in total. The molecule has 0 aromatic heterocycles. The molecule has 1 unspecified atom stereocenters. The molecule has 5 atom stereocenters. The highest BCUT2D eigenvalue weighted by Crippen LogP contribution is 2.29. The van der Waals surface area contributed by atoms with Gasteiger partial charge in [-0.05, 0) is 6.92 Å². The predicted molar refractivity (Wildman–Crippen MR) is 63.2 cm³/mol. The van der Waals surface area contributed by atoms with Crippen LogP contribution in [0.3, 0.4) is 0 Å². The van der Waals surface area contributed by atoms with Crippen LogP contribution in [0.5, 0.6) is 0 Å². The van der Waals surface area contributed by atoms with E-state index >= 15 is 0 Å². The van der Waals surface area contributed by atoms with Crippen molar-refractivity contribution in [3.63, 3.8) is 0 Å². The molecule has 0 saturated carbocycles. The van der Waals surface area contributed by atoms with Crippen LogP contribution < -0.4 is 0 Å². The molecule has 0 radical (unpaired) electrons. The molecule has 19 heavy (non-hydrogen) atoms. The molecule has 7 heteroatoms. The van der Waals surface area contributed by atoms with E-state index in [1.807, 2.05) is 0 Å². The summed E-state index contributed by atoms with van der Waals surface area (Å²) in [5, 5.41) is 0. The molecule has 1 fully saturated rings. The van der Waals surface area contributed by atoms with Crippen LogP contribution in [-0.4, -0.2) is 56.9 Å². The maximum absolute atomic E-state index is 11.1. The number of rotatable bonds is 5. The monoisotopic (exact) mass is 276 g/mol. The minimum atomic E-state index is -0.753. The van der Waals surface area contributed by atoms with E-state index in [4.69, 9.17) is 23.7 Å². The second kappa shape index (κ2) is 6.83. The minimum absolute atomic E-state index is 0.421. The van der Waals surface area contributed by atoms with Crippen LogP contribution in [0.25, 0.3) is 0 Å². The summed E-state index contributed by atoms with van der Waals surface area (Å²) in [6, 6.07) is 0. The van der Waals surface area contributed by atoms with Gasteiger partial charge in [-0.2, -0.15) is 0 Å². The van der Waals surface area contributed by atoms with Crippen LogP contribution in [0.15, 0.2) is 0 Å². The molecule has 110 valence electrons. The van der Waals surface area contributed by atoms with Crippen molar-refractivity contribution in [3.8, 4) is 0 Å². The molecule has 0 aromatic carbocycles. The van der Waals surface area contributed by atoms with Crippen LogP contribution in [-0.2, 0) is 33.3 Å². The van der Waals surface area contributed by atoms with Gasteiger partial charge in [0.1, 0.15) is 18.3 Å². The number of hydrogen-bond donors (Lipinski definition) is 0. The van der Waals surface area contributed by atoms with E-state index in [1.165, 1.54) is 28.1 Å². The van der Waals surface area contributed by atoms with E-state index in [1.54, 1.807) is 6.92 Å². The Morgan fingerprint density at radius 2 is 1.68 bits per heavy atom. The van der Waals surface area contributed by atoms with E-state index in [0.29, 0.717) is 0 Å². The second-order valence-corrected chi connectivity index (χ2v) is 4.29. The molecule has 1 saturated heterocycles. The van der Waals surface area contributed by atoms with E-state index in [2.05, 4.69) is 0 Å². The Morgan fingerprint density at radius 1 is 1.05 bits per heavy atom. The number of ether oxygens (including phenoxy) is 5. The Bertz CT molecular complexity index is 330. The Hall–Kier alpha value is -1.18. The van der Waals surface area contributed by atoms with E-state index in [9.17, 15) is 9.59 Å². The smallest absolute Gasteiger partial charge is 0.303 e. The maximum Gasteiger partial charge on any atom is 0.303 e. The number of carbonyl (C=O) groups excluding carboxylic acids is 2. The first-order valence-corrected chi connectivity index (χ1v) is 5.96. The molecule has 1 heterocycles. The normalized spacial score (nSPS) is 31.8. The summed E-state index contributed by atoms with van der Waals surface area (Å²) in [7, 11) is 2.91. The van der Waals surface area contributed by atoms with Gasteiger partial charge in [-0.1, -0.05) is 0 Å². The van der Waals surface area contributed by atoms with Gasteiger partial charge in [0.2, 0.25) is 0 Å². The van der Waals surface area contributed by atoms with Crippen molar-refractivity contribution in [1.82, 2.24) is 0 Å². The van der Waals surface area contributed by atoms with Gasteiger partial charge in [-0.3, -0.25) is 9.59 Å². The van der Waals surface area contributed by atoms with Crippen molar-refractivity contribution in [3.05, 3.63) is 0 Å². The van der Waals surface area contributed by atoms with Crippen LogP contribution in [0.4, 0.5) is 0 Å². The van der Waals surface area contributed by atoms with Crippen molar-refractivity contribution in [2.45, 2.75) is 51.5 Å². The minimum Gasteiger partial charge on any atom is -0.460 e. The Labute approximate surface area is 112 Å². The van der Waals surface area contributed by atoms with E-state index < -0.39 is 42.6 Å². The number of carbonyl (C=O) groups is 2. The third kappa shape index (κ3) is 3.89. The Balaban J connectivity index is 2.83. The van der Waals surface area contributed by atoms with Crippen molar-refractivity contribution < 1.29 is 33.3 Å². The lowest BCUT2D eigenvalue weighted by atomic mass is 10.1.